The highest BCUT2D eigenvalue weighted by atomic mass is 35.5. The van der Waals surface area contributed by atoms with Crippen molar-refractivity contribution in [1.29, 1.82) is 0 Å². The van der Waals surface area contributed by atoms with E-state index in [0.29, 0.717) is 43.5 Å². The Morgan fingerprint density at radius 2 is 1.97 bits per heavy atom. The van der Waals surface area contributed by atoms with Crippen LogP contribution >= 0.6 is 34.3 Å². The summed E-state index contributed by atoms with van der Waals surface area (Å²) in [5.74, 6) is 0.139. The fourth-order valence-corrected chi connectivity index (χ4v) is 6.19. The first-order valence-corrected chi connectivity index (χ1v) is 13.7. The molecule has 0 fully saturated rings. The molecule has 0 amide bonds. The van der Waals surface area contributed by atoms with E-state index in [4.69, 9.17) is 21.1 Å². The molecular weight excluding hydrogens is 528 g/mol. The summed E-state index contributed by atoms with van der Waals surface area (Å²) in [6.45, 7) is 4.14. The summed E-state index contributed by atoms with van der Waals surface area (Å²) in [6.07, 6.45) is 1.77. The third kappa shape index (κ3) is 5.18. The second-order valence-corrected chi connectivity index (χ2v) is 10.7. The molecule has 4 aromatic rings. The van der Waals surface area contributed by atoms with E-state index in [1.807, 2.05) is 47.8 Å². The highest BCUT2D eigenvalue weighted by Gasteiger charge is 2.33. The van der Waals surface area contributed by atoms with Crippen LogP contribution in [0, 0.1) is 0 Å². The molecule has 0 unspecified atom stereocenters. The molecule has 6 nitrogen and oxygen atoms in total. The lowest BCUT2D eigenvalue weighted by Gasteiger charge is -2.23. The van der Waals surface area contributed by atoms with E-state index in [0.717, 1.165) is 10.4 Å². The Balaban J connectivity index is 1.61. The number of benzene rings is 2. The van der Waals surface area contributed by atoms with Gasteiger partial charge in [-0.3, -0.25) is 9.36 Å². The molecule has 0 radical (unpaired) electrons. The number of carbonyl (C=O) groups excluding carboxylic acids is 1. The van der Waals surface area contributed by atoms with Gasteiger partial charge in [0, 0.05) is 15.5 Å². The summed E-state index contributed by atoms with van der Waals surface area (Å²) in [7, 11) is 0. The predicted molar refractivity (Wildman–Crippen MR) is 147 cm³/mol. The van der Waals surface area contributed by atoms with E-state index in [1.54, 1.807) is 42.7 Å². The van der Waals surface area contributed by atoms with Crippen LogP contribution in [0.3, 0.4) is 0 Å². The Kier molecular flexibility index (Phi) is 7.41. The molecule has 188 valence electrons. The number of nitrogens with zero attached hydrogens (tertiary/aromatic N) is 2. The maximum absolute atomic E-state index is 13.8. The Bertz CT molecular complexity index is 1650. The van der Waals surface area contributed by atoms with Gasteiger partial charge in [0.25, 0.3) is 5.56 Å². The fourth-order valence-electron chi connectivity index (χ4n) is 4.15. The summed E-state index contributed by atoms with van der Waals surface area (Å²) < 4.78 is 13.4. The van der Waals surface area contributed by atoms with Gasteiger partial charge < -0.3 is 9.47 Å². The largest absolute Gasteiger partial charge is 0.488 e. The monoisotopic (exact) mass is 550 g/mol. The zero-order chi connectivity index (χ0) is 25.9. The van der Waals surface area contributed by atoms with Crippen LogP contribution in [-0.2, 0) is 16.1 Å². The Morgan fingerprint density at radius 1 is 1.16 bits per heavy atom. The molecule has 3 heterocycles. The molecule has 0 aliphatic carbocycles. The van der Waals surface area contributed by atoms with Gasteiger partial charge >= 0.3 is 5.97 Å². The number of halogens is 1. The summed E-state index contributed by atoms with van der Waals surface area (Å²) in [4.78, 5) is 32.7. The minimum Gasteiger partial charge on any atom is -0.488 e. The second-order valence-electron chi connectivity index (χ2n) is 8.27. The molecule has 1 aliphatic heterocycles. The van der Waals surface area contributed by atoms with Gasteiger partial charge in [-0.05, 0) is 55.1 Å². The molecule has 0 bridgehead atoms. The molecular formula is C28H23ClN2O4S2. The number of hydrogen-bond donors (Lipinski definition) is 0. The first-order valence-electron chi connectivity index (χ1n) is 11.7. The van der Waals surface area contributed by atoms with E-state index in [2.05, 4.69) is 4.99 Å². The summed E-state index contributed by atoms with van der Waals surface area (Å²) in [5, 5.41) is 2.45. The number of fused-ring (bicyclic) bond motifs is 1. The molecule has 2 aromatic carbocycles. The normalized spacial score (nSPS) is 15.3. The van der Waals surface area contributed by atoms with Crippen molar-refractivity contribution < 1.29 is 14.3 Å². The van der Waals surface area contributed by atoms with E-state index < -0.39 is 12.0 Å². The van der Waals surface area contributed by atoms with Crippen LogP contribution in [0.5, 0.6) is 5.75 Å². The SMILES string of the molecule is CCOC(=O)C1=C(C)N=c2s/c(=C\c3cc(Cl)ccc3OCc3ccccc3)c(=O)n2[C@H]1c1cccs1. The average molecular weight is 551 g/mol. The van der Waals surface area contributed by atoms with Crippen molar-refractivity contribution in [2.24, 2.45) is 4.99 Å². The topological polar surface area (TPSA) is 69.9 Å². The highest BCUT2D eigenvalue weighted by molar-refractivity contribution is 7.10. The van der Waals surface area contributed by atoms with Crippen LogP contribution in [0.15, 0.2) is 87.1 Å². The molecule has 0 saturated heterocycles. The number of thiophene rings is 1. The molecule has 0 spiro atoms. The van der Waals surface area contributed by atoms with Crippen molar-refractivity contribution in [2.75, 3.05) is 6.61 Å². The number of allylic oxidation sites excluding steroid dienone is 1. The first kappa shape index (κ1) is 25.2. The van der Waals surface area contributed by atoms with E-state index in [9.17, 15) is 9.59 Å². The molecule has 0 N–H and O–H groups in total. The van der Waals surface area contributed by atoms with E-state index >= 15 is 0 Å². The van der Waals surface area contributed by atoms with Crippen LogP contribution in [0.2, 0.25) is 5.02 Å². The van der Waals surface area contributed by atoms with Gasteiger partial charge in [0.1, 0.15) is 18.4 Å². The third-order valence-corrected chi connectivity index (χ3v) is 7.97. The molecule has 2 aromatic heterocycles. The van der Waals surface area contributed by atoms with Gasteiger partial charge in [-0.25, -0.2) is 9.79 Å². The van der Waals surface area contributed by atoms with Crippen LogP contribution in [0.1, 0.15) is 35.9 Å². The predicted octanol–water partition coefficient (Wildman–Crippen LogP) is 5.09. The van der Waals surface area contributed by atoms with Gasteiger partial charge in [0.2, 0.25) is 0 Å². The molecule has 1 aliphatic rings. The Morgan fingerprint density at radius 3 is 2.70 bits per heavy atom. The van der Waals surface area contributed by atoms with Gasteiger partial charge in [-0.15, -0.1) is 11.3 Å². The van der Waals surface area contributed by atoms with Gasteiger partial charge in [-0.2, -0.15) is 0 Å². The minimum absolute atomic E-state index is 0.234. The number of aromatic nitrogens is 1. The summed E-state index contributed by atoms with van der Waals surface area (Å²) >= 11 is 9.05. The van der Waals surface area contributed by atoms with Crippen molar-refractivity contribution in [3.63, 3.8) is 0 Å². The quantitative estimate of drug-likeness (QED) is 0.300. The Hall–Kier alpha value is -3.46. The number of rotatable bonds is 7. The number of carbonyl (C=O) groups is 1. The molecule has 9 heteroatoms. The summed E-state index contributed by atoms with van der Waals surface area (Å²) in [5.41, 5.74) is 2.38. The number of thiazole rings is 1. The number of hydrogen-bond acceptors (Lipinski definition) is 7. The average Bonchev–Trinajstić information content (AvgIpc) is 3.52. The van der Waals surface area contributed by atoms with Crippen LogP contribution in [0.4, 0.5) is 0 Å². The lowest BCUT2D eigenvalue weighted by molar-refractivity contribution is -0.139. The van der Waals surface area contributed by atoms with Crippen molar-refractivity contribution >= 4 is 46.3 Å². The van der Waals surface area contributed by atoms with Crippen molar-refractivity contribution in [3.8, 4) is 5.75 Å². The van der Waals surface area contributed by atoms with Crippen LogP contribution in [-0.4, -0.2) is 17.1 Å². The first-order chi connectivity index (χ1) is 18.0. The number of esters is 1. The summed E-state index contributed by atoms with van der Waals surface area (Å²) in [6, 6.07) is 18.4. The second kappa shape index (κ2) is 10.9. The van der Waals surface area contributed by atoms with E-state index in [1.165, 1.54) is 22.7 Å². The molecule has 0 saturated carbocycles. The molecule has 5 rings (SSSR count). The third-order valence-electron chi connectivity index (χ3n) is 5.83. The van der Waals surface area contributed by atoms with Crippen molar-refractivity contribution in [2.45, 2.75) is 26.5 Å². The highest BCUT2D eigenvalue weighted by Crippen LogP contribution is 2.33. The maximum atomic E-state index is 13.8. The van der Waals surface area contributed by atoms with Crippen molar-refractivity contribution in [1.82, 2.24) is 4.57 Å². The molecule has 1 atom stereocenters. The lowest BCUT2D eigenvalue weighted by atomic mass is 10.0. The van der Waals surface area contributed by atoms with Crippen LogP contribution < -0.4 is 19.6 Å². The minimum atomic E-state index is -0.606. The van der Waals surface area contributed by atoms with Gasteiger partial charge in [0.05, 0.1) is 22.4 Å². The maximum Gasteiger partial charge on any atom is 0.338 e. The fraction of sp³-hybridized carbons (Fsp3) is 0.179. The van der Waals surface area contributed by atoms with Crippen molar-refractivity contribution in [3.05, 3.63) is 118 Å². The Labute approximate surface area is 226 Å². The smallest absolute Gasteiger partial charge is 0.338 e. The van der Waals surface area contributed by atoms with E-state index in [-0.39, 0.29) is 12.2 Å². The van der Waals surface area contributed by atoms with Crippen LogP contribution in [0.25, 0.3) is 6.08 Å². The lowest BCUT2D eigenvalue weighted by Crippen LogP contribution is -2.39. The molecule has 37 heavy (non-hydrogen) atoms. The van der Waals surface area contributed by atoms with Gasteiger partial charge in [0.15, 0.2) is 4.80 Å². The van der Waals surface area contributed by atoms with Gasteiger partial charge in [-0.1, -0.05) is 59.3 Å². The number of ether oxygens (including phenoxy) is 2. The standard InChI is InChI=1S/C28H23ClN2O4S2/c1-3-34-27(33)24-17(2)30-28-31(25(24)22-10-7-13-36-22)26(32)23(37-28)15-19-14-20(29)11-12-21(19)35-16-18-8-5-4-6-9-18/h4-15,25H,3,16H2,1-2H3/b23-15-/t25-/m0/s1. The zero-order valence-electron chi connectivity index (χ0n) is 20.1. The zero-order valence-corrected chi connectivity index (χ0v) is 22.5.